The molecule has 1 heterocycles. The van der Waals surface area contributed by atoms with Crippen molar-refractivity contribution in [2.75, 3.05) is 6.54 Å². The number of hydrogen-bond donors (Lipinski definition) is 1. The maximum Gasteiger partial charge on any atom is 0.417 e. The van der Waals surface area contributed by atoms with Crippen LogP contribution in [0.1, 0.15) is 30.4 Å². The number of nitrogens with one attached hydrogen (secondary N) is 1. The second kappa shape index (κ2) is 6.91. The summed E-state index contributed by atoms with van der Waals surface area (Å²) >= 11 is 0. The number of alkyl halides is 3. The fourth-order valence-electron chi connectivity index (χ4n) is 3.51. The molecular weight excluding hydrogens is 355 g/mol. The van der Waals surface area contributed by atoms with E-state index in [1.54, 1.807) is 18.2 Å². The standard InChI is InChI=1S/C21H20F3NO2/c22-21(23,24)18-7-2-1-5-16(18)17-6-3-4-14-11-15(27-20(14)17)12-25-19(26)10-13-8-9-13/h1-7,13,15H,8-12H2,(H,25,26). The van der Waals surface area contributed by atoms with Gasteiger partial charge in [-0.25, -0.2) is 0 Å². The van der Waals surface area contributed by atoms with E-state index in [4.69, 9.17) is 4.74 Å². The van der Waals surface area contributed by atoms with Gasteiger partial charge in [-0.05, 0) is 36.0 Å². The summed E-state index contributed by atoms with van der Waals surface area (Å²) < 4.78 is 46.1. The third kappa shape index (κ3) is 3.94. The molecule has 0 radical (unpaired) electrons. The van der Waals surface area contributed by atoms with Gasteiger partial charge in [-0.3, -0.25) is 4.79 Å². The van der Waals surface area contributed by atoms with Crippen molar-refractivity contribution in [2.45, 2.75) is 38.0 Å². The van der Waals surface area contributed by atoms with E-state index >= 15 is 0 Å². The molecule has 0 bridgehead atoms. The average molecular weight is 375 g/mol. The Kier molecular flexibility index (Phi) is 4.58. The average Bonchev–Trinajstić information content (AvgIpc) is 3.34. The molecule has 1 amide bonds. The molecular formula is C21H20F3NO2. The van der Waals surface area contributed by atoms with E-state index in [1.807, 2.05) is 6.07 Å². The normalized spacial score (nSPS) is 18.7. The monoisotopic (exact) mass is 375 g/mol. The van der Waals surface area contributed by atoms with Crippen molar-refractivity contribution in [3.63, 3.8) is 0 Å². The van der Waals surface area contributed by atoms with Gasteiger partial charge in [0.1, 0.15) is 11.9 Å². The lowest BCUT2D eigenvalue weighted by Crippen LogP contribution is -2.34. The zero-order chi connectivity index (χ0) is 19.0. The van der Waals surface area contributed by atoms with E-state index in [0.29, 0.717) is 36.6 Å². The summed E-state index contributed by atoms with van der Waals surface area (Å²) in [6.07, 6.45) is -1.36. The molecule has 1 atom stereocenters. The third-order valence-electron chi connectivity index (χ3n) is 5.05. The van der Waals surface area contributed by atoms with Gasteiger partial charge in [0.25, 0.3) is 0 Å². The van der Waals surface area contributed by atoms with Gasteiger partial charge >= 0.3 is 6.18 Å². The van der Waals surface area contributed by atoms with E-state index in [0.717, 1.165) is 24.5 Å². The fourth-order valence-corrected chi connectivity index (χ4v) is 3.51. The number of fused-ring (bicyclic) bond motifs is 1. The third-order valence-corrected chi connectivity index (χ3v) is 5.05. The molecule has 2 aliphatic rings. The molecule has 1 fully saturated rings. The first kappa shape index (κ1) is 17.9. The van der Waals surface area contributed by atoms with E-state index in [1.165, 1.54) is 12.1 Å². The Morgan fingerprint density at radius 1 is 1.07 bits per heavy atom. The number of carbonyl (C=O) groups excluding carboxylic acids is 1. The Morgan fingerprint density at radius 2 is 1.81 bits per heavy atom. The minimum Gasteiger partial charge on any atom is -0.487 e. The number of rotatable bonds is 5. The summed E-state index contributed by atoms with van der Waals surface area (Å²) in [5.74, 6) is 1.01. The van der Waals surface area contributed by atoms with Gasteiger partial charge in [-0.1, -0.05) is 36.4 Å². The predicted octanol–water partition coefficient (Wildman–Crippen LogP) is 4.59. The number of benzene rings is 2. The smallest absolute Gasteiger partial charge is 0.417 e. The Labute approximate surface area is 155 Å². The van der Waals surface area contributed by atoms with Crippen molar-refractivity contribution in [3.8, 4) is 16.9 Å². The Bertz CT molecular complexity index is 859. The van der Waals surface area contributed by atoms with Crippen molar-refractivity contribution in [1.29, 1.82) is 0 Å². The Balaban J connectivity index is 1.53. The van der Waals surface area contributed by atoms with Crippen molar-refractivity contribution in [1.82, 2.24) is 5.32 Å². The Morgan fingerprint density at radius 3 is 2.56 bits per heavy atom. The molecule has 27 heavy (non-hydrogen) atoms. The first-order valence-electron chi connectivity index (χ1n) is 9.13. The molecule has 142 valence electrons. The molecule has 2 aromatic carbocycles. The van der Waals surface area contributed by atoms with Crippen LogP contribution in [0.15, 0.2) is 42.5 Å². The first-order chi connectivity index (χ1) is 12.9. The minimum atomic E-state index is -4.44. The van der Waals surface area contributed by atoms with E-state index in [-0.39, 0.29) is 17.6 Å². The van der Waals surface area contributed by atoms with E-state index in [2.05, 4.69) is 5.32 Å². The van der Waals surface area contributed by atoms with E-state index < -0.39 is 11.7 Å². The van der Waals surface area contributed by atoms with Crippen molar-refractivity contribution in [2.24, 2.45) is 5.92 Å². The molecule has 1 unspecified atom stereocenters. The van der Waals surface area contributed by atoms with Crippen LogP contribution >= 0.6 is 0 Å². The maximum atomic E-state index is 13.4. The minimum absolute atomic E-state index is 0.0136. The number of halogens is 3. The predicted molar refractivity (Wildman–Crippen MR) is 95.4 cm³/mol. The summed E-state index contributed by atoms with van der Waals surface area (Å²) in [5, 5.41) is 2.88. The van der Waals surface area contributed by atoms with Gasteiger partial charge in [0.2, 0.25) is 5.91 Å². The molecule has 4 rings (SSSR count). The highest BCUT2D eigenvalue weighted by molar-refractivity contribution is 5.77. The van der Waals surface area contributed by atoms with Crippen LogP contribution in [0.5, 0.6) is 5.75 Å². The van der Waals surface area contributed by atoms with Gasteiger partial charge < -0.3 is 10.1 Å². The number of amides is 1. The Hall–Kier alpha value is -2.50. The maximum absolute atomic E-state index is 13.4. The first-order valence-corrected chi connectivity index (χ1v) is 9.13. The molecule has 0 saturated heterocycles. The zero-order valence-corrected chi connectivity index (χ0v) is 14.7. The van der Waals surface area contributed by atoms with Gasteiger partial charge in [0.15, 0.2) is 0 Å². The number of para-hydroxylation sites is 1. The van der Waals surface area contributed by atoms with Crippen LogP contribution in [-0.2, 0) is 17.4 Å². The molecule has 3 nitrogen and oxygen atoms in total. The van der Waals surface area contributed by atoms with Crippen LogP contribution in [0, 0.1) is 5.92 Å². The van der Waals surface area contributed by atoms with Gasteiger partial charge in [-0.2, -0.15) is 13.2 Å². The van der Waals surface area contributed by atoms with Crippen LogP contribution in [0.3, 0.4) is 0 Å². The quantitative estimate of drug-likeness (QED) is 0.830. The highest BCUT2D eigenvalue weighted by Gasteiger charge is 2.35. The molecule has 6 heteroatoms. The van der Waals surface area contributed by atoms with Crippen molar-refractivity contribution in [3.05, 3.63) is 53.6 Å². The lowest BCUT2D eigenvalue weighted by atomic mass is 9.96. The van der Waals surface area contributed by atoms with Crippen LogP contribution in [0.2, 0.25) is 0 Å². The summed E-state index contributed by atoms with van der Waals surface area (Å²) in [6, 6.07) is 10.8. The summed E-state index contributed by atoms with van der Waals surface area (Å²) in [4.78, 5) is 11.9. The zero-order valence-electron chi connectivity index (χ0n) is 14.7. The summed E-state index contributed by atoms with van der Waals surface area (Å²) in [7, 11) is 0. The molecule has 1 aliphatic heterocycles. The second-order valence-electron chi connectivity index (χ2n) is 7.23. The number of hydrogen-bond acceptors (Lipinski definition) is 2. The highest BCUT2D eigenvalue weighted by atomic mass is 19.4. The van der Waals surface area contributed by atoms with Gasteiger partial charge in [-0.15, -0.1) is 0 Å². The van der Waals surface area contributed by atoms with Crippen LogP contribution in [-0.4, -0.2) is 18.6 Å². The van der Waals surface area contributed by atoms with Crippen molar-refractivity contribution >= 4 is 5.91 Å². The number of carbonyl (C=O) groups is 1. The molecule has 0 spiro atoms. The van der Waals surface area contributed by atoms with Crippen LogP contribution < -0.4 is 10.1 Å². The van der Waals surface area contributed by atoms with E-state index in [9.17, 15) is 18.0 Å². The van der Waals surface area contributed by atoms with Crippen molar-refractivity contribution < 1.29 is 22.7 Å². The topological polar surface area (TPSA) is 38.3 Å². The van der Waals surface area contributed by atoms with Gasteiger partial charge in [0, 0.05) is 18.4 Å². The lowest BCUT2D eigenvalue weighted by molar-refractivity contribution is -0.137. The molecule has 1 saturated carbocycles. The molecule has 1 aliphatic carbocycles. The fraction of sp³-hybridized carbons (Fsp3) is 0.381. The molecule has 2 aromatic rings. The summed E-state index contributed by atoms with van der Waals surface area (Å²) in [5.41, 5.74) is 0.738. The summed E-state index contributed by atoms with van der Waals surface area (Å²) in [6.45, 7) is 0.362. The lowest BCUT2D eigenvalue weighted by Gasteiger charge is -2.16. The number of ether oxygens (including phenoxy) is 1. The largest absolute Gasteiger partial charge is 0.487 e. The molecule has 0 aromatic heterocycles. The van der Waals surface area contributed by atoms with Crippen LogP contribution in [0.25, 0.3) is 11.1 Å². The second-order valence-corrected chi connectivity index (χ2v) is 7.23. The SMILES string of the molecule is O=C(CC1CC1)NCC1Cc2cccc(-c3ccccc3C(F)(F)F)c2O1. The molecule has 1 N–H and O–H groups in total. The van der Waals surface area contributed by atoms with Crippen LogP contribution in [0.4, 0.5) is 13.2 Å². The van der Waals surface area contributed by atoms with Gasteiger partial charge in [0.05, 0.1) is 12.1 Å². The highest BCUT2D eigenvalue weighted by Crippen LogP contribution is 2.43.